The van der Waals surface area contributed by atoms with Crippen LogP contribution in [0, 0.1) is 0 Å². The molecule has 0 saturated carbocycles. The van der Waals surface area contributed by atoms with Crippen LogP contribution in [-0.2, 0) is 10.8 Å². The molecule has 266 valence electrons. The SMILES string of the molecule is CC(C)(C)c1ccc(Nc2cc3ccccc3cc2-c2ccc3c4cc5c(cc4n4c3c2Bc2sc3ccc(C(C)(C)C)cc3c2-4)oc2ccccc25)cc1. The molecule has 0 spiro atoms. The van der Waals surface area contributed by atoms with Gasteiger partial charge in [-0.1, -0.05) is 114 Å². The van der Waals surface area contributed by atoms with Gasteiger partial charge < -0.3 is 14.3 Å². The predicted octanol–water partition coefficient (Wildman–Crippen LogP) is 12.8. The molecule has 11 rings (SSSR count). The number of aromatic nitrogens is 1. The standard InChI is InChI=1S/C50H41BN2OS/c1-49(2,3)30-15-18-32(19-16-30)52-40-24-29-12-8-7-11-28(29)23-36(40)34-20-21-35-37-26-38-33-13-9-10-14-42(33)54-43(38)27-41(37)53-46(35)45(34)51-48-47(53)39-25-31(50(4,5)6)17-22-44(39)55-48/h7-27,51-52H,1-6H3. The first-order valence-corrected chi connectivity index (χ1v) is 20.2. The van der Waals surface area contributed by atoms with E-state index in [1.54, 1.807) is 0 Å². The lowest BCUT2D eigenvalue weighted by atomic mass is 9.63. The third-order valence-corrected chi connectivity index (χ3v) is 13.1. The van der Waals surface area contributed by atoms with Crippen molar-refractivity contribution in [2.45, 2.75) is 52.4 Å². The van der Waals surface area contributed by atoms with Crippen LogP contribution in [0.5, 0.6) is 0 Å². The van der Waals surface area contributed by atoms with Crippen molar-refractivity contribution in [3.8, 4) is 16.8 Å². The van der Waals surface area contributed by atoms with Gasteiger partial charge in [0.1, 0.15) is 11.2 Å². The first kappa shape index (κ1) is 32.6. The van der Waals surface area contributed by atoms with E-state index in [-0.39, 0.29) is 10.8 Å². The number of hydrogen-bond donors (Lipinski definition) is 1. The van der Waals surface area contributed by atoms with Gasteiger partial charge in [-0.15, -0.1) is 11.3 Å². The molecule has 10 aromatic rings. The molecular formula is C50H41BN2OS. The largest absolute Gasteiger partial charge is 0.456 e. The van der Waals surface area contributed by atoms with Crippen LogP contribution in [0.15, 0.2) is 132 Å². The number of benzene rings is 7. The van der Waals surface area contributed by atoms with Crippen molar-refractivity contribution in [1.82, 2.24) is 4.57 Å². The summed E-state index contributed by atoms with van der Waals surface area (Å²) in [6.07, 6.45) is 0. The van der Waals surface area contributed by atoms with E-state index in [9.17, 15) is 0 Å². The quantitative estimate of drug-likeness (QED) is 0.184. The van der Waals surface area contributed by atoms with Crippen LogP contribution >= 0.6 is 11.3 Å². The maximum absolute atomic E-state index is 6.54. The minimum absolute atomic E-state index is 0.0455. The maximum Gasteiger partial charge on any atom is 0.211 e. The molecule has 1 N–H and O–H groups in total. The number of anilines is 2. The van der Waals surface area contributed by atoms with Crippen molar-refractivity contribution in [2.75, 3.05) is 5.32 Å². The smallest absolute Gasteiger partial charge is 0.211 e. The summed E-state index contributed by atoms with van der Waals surface area (Å²) < 4.78 is 11.9. The van der Waals surface area contributed by atoms with Gasteiger partial charge in [-0.3, -0.25) is 0 Å². The van der Waals surface area contributed by atoms with Crippen LogP contribution in [0.3, 0.4) is 0 Å². The van der Waals surface area contributed by atoms with Gasteiger partial charge in [0.15, 0.2) is 0 Å². The average Bonchev–Trinajstić information content (AvgIpc) is 3.82. The van der Waals surface area contributed by atoms with Crippen molar-refractivity contribution in [2.24, 2.45) is 0 Å². The van der Waals surface area contributed by atoms with Crippen molar-refractivity contribution in [3.05, 3.63) is 139 Å². The van der Waals surface area contributed by atoms with E-state index in [1.165, 1.54) is 80.8 Å². The fraction of sp³-hybridized carbons (Fsp3) is 0.160. The molecule has 0 saturated heterocycles. The molecule has 0 bridgehead atoms. The van der Waals surface area contributed by atoms with E-state index >= 15 is 0 Å². The second-order valence-electron chi connectivity index (χ2n) is 17.5. The first-order valence-electron chi connectivity index (χ1n) is 19.4. The number of fused-ring (bicyclic) bond motifs is 11. The molecule has 3 aromatic heterocycles. The molecule has 1 aliphatic heterocycles. The molecule has 0 radical (unpaired) electrons. The minimum Gasteiger partial charge on any atom is -0.456 e. The number of hydrogen-bond acceptors (Lipinski definition) is 3. The molecule has 4 heterocycles. The Morgan fingerprint density at radius 2 is 1.31 bits per heavy atom. The maximum atomic E-state index is 6.54. The summed E-state index contributed by atoms with van der Waals surface area (Å²) in [6, 6.07) is 47.4. The predicted molar refractivity (Wildman–Crippen MR) is 240 cm³/mol. The Bertz CT molecular complexity index is 3220. The normalized spacial score (nSPS) is 13.1. The first-order chi connectivity index (χ1) is 26.5. The van der Waals surface area contributed by atoms with Gasteiger partial charge >= 0.3 is 0 Å². The van der Waals surface area contributed by atoms with Crippen molar-refractivity contribution < 1.29 is 4.42 Å². The Morgan fingerprint density at radius 3 is 2.09 bits per heavy atom. The summed E-state index contributed by atoms with van der Waals surface area (Å²) in [7, 11) is 0.869. The van der Waals surface area contributed by atoms with Gasteiger partial charge in [0.05, 0.1) is 11.2 Å². The molecule has 5 heteroatoms. The van der Waals surface area contributed by atoms with Gasteiger partial charge in [0.25, 0.3) is 0 Å². The van der Waals surface area contributed by atoms with E-state index in [4.69, 9.17) is 4.42 Å². The molecular weight excluding hydrogens is 687 g/mol. The molecule has 3 nitrogen and oxygen atoms in total. The van der Waals surface area contributed by atoms with Gasteiger partial charge in [0.2, 0.25) is 7.28 Å². The lowest BCUT2D eigenvalue weighted by Crippen LogP contribution is -2.35. The number of thiophene rings is 1. The zero-order chi connectivity index (χ0) is 37.4. The van der Waals surface area contributed by atoms with Crippen molar-refractivity contribution >= 4 is 105 Å². The molecule has 0 unspecified atom stereocenters. The summed E-state index contributed by atoms with van der Waals surface area (Å²) in [4.78, 5) is 0. The third kappa shape index (κ3) is 4.95. The molecule has 0 atom stereocenters. The van der Waals surface area contributed by atoms with Crippen LogP contribution in [0.25, 0.3) is 81.4 Å². The summed E-state index contributed by atoms with van der Waals surface area (Å²) in [5.74, 6) is 0. The molecule has 0 fully saturated rings. The topological polar surface area (TPSA) is 30.1 Å². The Kier molecular flexibility index (Phi) is 6.75. The van der Waals surface area contributed by atoms with Crippen molar-refractivity contribution in [1.29, 1.82) is 0 Å². The lowest BCUT2D eigenvalue weighted by molar-refractivity contribution is 0.590. The summed E-state index contributed by atoms with van der Waals surface area (Å²) >= 11 is 1.94. The average molecular weight is 729 g/mol. The van der Waals surface area contributed by atoms with E-state index < -0.39 is 0 Å². The molecule has 55 heavy (non-hydrogen) atoms. The Labute approximate surface area is 325 Å². The number of nitrogens with zero attached hydrogens (tertiary/aromatic N) is 1. The number of para-hydroxylation sites is 1. The monoisotopic (exact) mass is 728 g/mol. The second kappa shape index (κ2) is 11.4. The van der Waals surface area contributed by atoms with E-state index in [0.29, 0.717) is 0 Å². The van der Waals surface area contributed by atoms with Gasteiger partial charge in [-0.2, -0.15) is 0 Å². The highest BCUT2D eigenvalue weighted by Crippen LogP contribution is 2.44. The number of furan rings is 1. The Morgan fingerprint density at radius 1 is 0.582 bits per heavy atom. The fourth-order valence-corrected chi connectivity index (χ4v) is 10.1. The summed E-state index contributed by atoms with van der Waals surface area (Å²) in [5.41, 5.74) is 14.5. The van der Waals surface area contributed by atoms with Gasteiger partial charge in [0, 0.05) is 60.2 Å². The molecule has 1 aliphatic rings. The van der Waals surface area contributed by atoms with E-state index in [0.717, 1.165) is 40.6 Å². The summed E-state index contributed by atoms with van der Waals surface area (Å²) in [5, 5.41) is 12.5. The molecule has 0 aliphatic carbocycles. The Balaban J connectivity index is 1.21. The van der Waals surface area contributed by atoms with Crippen LogP contribution in [0.4, 0.5) is 11.4 Å². The summed E-state index contributed by atoms with van der Waals surface area (Å²) in [6.45, 7) is 13.7. The third-order valence-electron chi connectivity index (χ3n) is 11.9. The van der Waals surface area contributed by atoms with Crippen molar-refractivity contribution in [3.63, 3.8) is 0 Å². The van der Waals surface area contributed by atoms with Crippen LogP contribution < -0.4 is 15.6 Å². The van der Waals surface area contributed by atoms with E-state index in [2.05, 4.69) is 179 Å². The van der Waals surface area contributed by atoms with Crippen LogP contribution in [0.1, 0.15) is 52.7 Å². The zero-order valence-electron chi connectivity index (χ0n) is 32.1. The highest BCUT2D eigenvalue weighted by atomic mass is 32.1. The van der Waals surface area contributed by atoms with Gasteiger partial charge in [-0.05, 0) is 97.1 Å². The number of rotatable bonds is 3. The Hall–Kier alpha value is -5.78. The highest BCUT2D eigenvalue weighted by molar-refractivity contribution is 7.29. The van der Waals surface area contributed by atoms with E-state index in [1.807, 2.05) is 11.3 Å². The minimum atomic E-state index is 0.0455. The zero-order valence-corrected chi connectivity index (χ0v) is 32.9. The van der Waals surface area contributed by atoms with Gasteiger partial charge in [-0.25, -0.2) is 0 Å². The van der Waals surface area contributed by atoms with Crippen LogP contribution in [0.2, 0.25) is 0 Å². The molecule has 0 amide bonds. The molecule has 7 aromatic carbocycles. The number of nitrogens with one attached hydrogen (secondary N) is 1. The second-order valence-corrected chi connectivity index (χ2v) is 18.6. The fourth-order valence-electron chi connectivity index (χ4n) is 8.96. The van der Waals surface area contributed by atoms with Crippen LogP contribution in [-0.4, -0.2) is 11.8 Å². The highest BCUT2D eigenvalue weighted by Gasteiger charge is 2.31. The lowest BCUT2D eigenvalue weighted by Gasteiger charge is -2.23.